The van der Waals surface area contributed by atoms with Gasteiger partial charge in [-0.25, -0.2) is 8.78 Å². The number of anilines is 1. The van der Waals surface area contributed by atoms with Gasteiger partial charge in [0.05, 0.1) is 20.1 Å². The fourth-order valence-electron chi connectivity index (χ4n) is 4.92. The summed E-state index contributed by atoms with van der Waals surface area (Å²) in [7, 11) is 1.44. The molecule has 2 amide bonds. The van der Waals surface area contributed by atoms with Gasteiger partial charge in [0.25, 0.3) is 5.91 Å². The lowest BCUT2D eigenvalue weighted by Gasteiger charge is -2.32. The predicted octanol–water partition coefficient (Wildman–Crippen LogP) is 5.96. The molecule has 0 aromatic heterocycles. The van der Waals surface area contributed by atoms with E-state index in [0.29, 0.717) is 48.2 Å². The van der Waals surface area contributed by atoms with Crippen molar-refractivity contribution in [3.63, 3.8) is 0 Å². The van der Waals surface area contributed by atoms with E-state index in [1.165, 1.54) is 25.3 Å². The third kappa shape index (κ3) is 6.74. The van der Waals surface area contributed by atoms with Gasteiger partial charge in [-0.05, 0) is 79.5 Å². The number of nitrogens with zero attached hydrogens (tertiary/aromatic N) is 1. The fourth-order valence-corrected chi connectivity index (χ4v) is 4.92. The van der Waals surface area contributed by atoms with Crippen LogP contribution in [0.15, 0.2) is 60.7 Å². The summed E-state index contributed by atoms with van der Waals surface area (Å²) in [5.41, 5.74) is 2.76. The molecule has 0 radical (unpaired) electrons. The van der Waals surface area contributed by atoms with Gasteiger partial charge in [-0.2, -0.15) is 0 Å². The van der Waals surface area contributed by atoms with Crippen LogP contribution in [-0.2, 0) is 11.2 Å². The molecular formula is C31H32F2N2O4. The van der Waals surface area contributed by atoms with E-state index >= 15 is 0 Å². The van der Waals surface area contributed by atoms with Crippen LogP contribution in [-0.4, -0.2) is 43.5 Å². The van der Waals surface area contributed by atoms with Gasteiger partial charge in [0.1, 0.15) is 11.6 Å². The second kappa shape index (κ2) is 11.8. The van der Waals surface area contributed by atoms with Gasteiger partial charge in [-0.1, -0.05) is 18.2 Å². The van der Waals surface area contributed by atoms with E-state index in [2.05, 4.69) is 5.32 Å². The van der Waals surface area contributed by atoms with Crippen LogP contribution in [0.4, 0.5) is 14.5 Å². The first-order valence-corrected chi connectivity index (χ1v) is 13.3. The lowest BCUT2D eigenvalue weighted by atomic mass is 9.89. The molecule has 1 N–H and O–H groups in total. The van der Waals surface area contributed by atoms with Gasteiger partial charge in [0.15, 0.2) is 11.6 Å². The summed E-state index contributed by atoms with van der Waals surface area (Å²) in [5, 5.41) is 2.87. The molecule has 2 aliphatic rings. The Morgan fingerprint density at radius 2 is 1.67 bits per heavy atom. The van der Waals surface area contributed by atoms with Crippen LogP contribution < -0.4 is 14.8 Å². The van der Waals surface area contributed by atoms with Gasteiger partial charge < -0.3 is 19.7 Å². The Bertz CT molecular complexity index is 1330. The van der Waals surface area contributed by atoms with Crippen molar-refractivity contribution in [1.82, 2.24) is 4.90 Å². The third-order valence-corrected chi connectivity index (χ3v) is 7.40. The summed E-state index contributed by atoms with van der Waals surface area (Å²) < 4.78 is 38.6. The van der Waals surface area contributed by atoms with Crippen molar-refractivity contribution in [2.75, 3.05) is 32.1 Å². The molecule has 3 aromatic carbocycles. The van der Waals surface area contributed by atoms with Crippen molar-refractivity contribution >= 4 is 17.5 Å². The van der Waals surface area contributed by atoms with Gasteiger partial charge in [-0.15, -0.1) is 0 Å². The number of halogens is 2. The average Bonchev–Trinajstić information content (AvgIpc) is 3.78. The third-order valence-electron chi connectivity index (χ3n) is 7.40. The zero-order valence-corrected chi connectivity index (χ0v) is 21.9. The SMILES string of the molecule is COc1cc(F)ccc1CC(=O)Nc1ccc(C2CCN(C(=O)c3ccc(OCC4CC4)c(F)c3)CC2)cc1. The Kier molecular flexibility index (Phi) is 8.10. The summed E-state index contributed by atoms with van der Waals surface area (Å²) in [5.74, 6) is 0.0449. The highest BCUT2D eigenvalue weighted by Crippen LogP contribution is 2.32. The largest absolute Gasteiger partial charge is 0.496 e. The molecule has 0 unspecified atom stereocenters. The molecule has 0 atom stereocenters. The number of piperidine rings is 1. The summed E-state index contributed by atoms with van der Waals surface area (Å²) in [6.45, 7) is 1.70. The monoisotopic (exact) mass is 534 g/mol. The van der Waals surface area contributed by atoms with E-state index < -0.39 is 11.6 Å². The summed E-state index contributed by atoms with van der Waals surface area (Å²) in [6.07, 6.45) is 3.92. The molecule has 5 rings (SSSR count). The van der Waals surface area contributed by atoms with Crippen LogP contribution in [0.25, 0.3) is 0 Å². The fraction of sp³-hybridized carbons (Fsp3) is 0.355. The summed E-state index contributed by atoms with van der Waals surface area (Å²) in [4.78, 5) is 27.3. The van der Waals surface area contributed by atoms with E-state index in [-0.39, 0.29) is 29.9 Å². The summed E-state index contributed by atoms with van der Waals surface area (Å²) >= 11 is 0. The molecule has 1 aliphatic carbocycles. The molecule has 1 saturated heterocycles. The van der Waals surface area contributed by atoms with E-state index in [1.54, 1.807) is 23.1 Å². The van der Waals surface area contributed by atoms with Gasteiger partial charge >= 0.3 is 0 Å². The minimum Gasteiger partial charge on any atom is -0.496 e. The Morgan fingerprint density at radius 1 is 0.923 bits per heavy atom. The van der Waals surface area contributed by atoms with E-state index in [9.17, 15) is 18.4 Å². The number of hydrogen-bond donors (Lipinski definition) is 1. The molecule has 0 spiro atoms. The molecule has 0 bridgehead atoms. The van der Waals surface area contributed by atoms with Crippen molar-refractivity contribution in [2.45, 2.75) is 38.0 Å². The number of methoxy groups -OCH3 is 1. The molecular weight excluding hydrogens is 502 g/mol. The second-order valence-corrected chi connectivity index (χ2v) is 10.3. The number of carbonyl (C=O) groups excluding carboxylic acids is 2. The first kappa shape index (κ1) is 26.7. The Morgan fingerprint density at radius 3 is 2.33 bits per heavy atom. The molecule has 1 aliphatic heterocycles. The van der Waals surface area contributed by atoms with Crippen LogP contribution in [0.1, 0.15) is 53.1 Å². The van der Waals surface area contributed by atoms with E-state index in [1.807, 2.05) is 24.3 Å². The van der Waals surface area contributed by atoms with Gasteiger partial charge in [0, 0.05) is 36.0 Å². The maximum Gasteiger partial charge on any atom is 0.253 e. The van der Waals surface area contributed by atoms with Crippen molar-refractivity contribution in [3.8, 4) is 11.5 Å². The molecule has 1 saturated carbocycles. The van der Waals surface area contributed by atoms with Crippen LogP contribution in [0, 0.1) is 17.6 Å². The highest BCUT2D eigenvalue weighted by atomic mass is 19.1. The Balaban J connectivity index is 1.11. The van der Waals surface area contributed by atoms with Crippen molar-refractivity contribution in [1.29, 1.82) is 0 Å². The topological polar surface area (TPSA) is 67.9 Å². The molecule has 8 heteroatoms. The van der Waals surface area contributed by atoms with Crippen LogP contribution in [0.2, 0.25) is 0 Å². The zero-order valence-electron chi connectivity index (χ0n) is 21.9. The lowest BCUT2D eigenvalue weighted by molar-refractivity contribution is -0.115. The maximum absolute atomic E-state index is 14.5. The number of nitrogens with one attached hydrogen (secondary N) is 1. The quantitative estimate of drug-likeness (QED) is 0.368. The van der Waals surface area contributed by atoms with Crippen LogP contribution in [0.5, 0.6) is 11.5 Å². The summed E-state index contributed by atoms with van der Waals surface area (Å²) in [6, 6.07) is 16.3. The first-order valence-electron chi connectivity index (χ1n) is 13.3. The van der Waals surface area contributed by atoms with Gasteiger partial charge in [-0.3, -0.25) is 9.59 Å². The minimum absolute atomic E-state index is 0.0673. The van der Waals surface area contributed by atoms with Gasteiger partial charge in [0.2, 0.25) is 5.91 Å². The standard InChI is InChI=1S/C31H32F2N2O4/c1-38-29-18-25(32)8-4-23(29)17-30(36)34-26-9-5-21(6-10-26)22-12-14-35(15-13-22)31(37)24-7-11-28(27(33)16-24)39-19-20-2-3-20/h4-11,16,18,20,22H,2-3,12-15,17,19H2,1H3,(H,34,36). The maximum atomic E-state index is 14.5. The number of benzene rings is 3. The smallest absolute Gasteiger partial charge is 0.253 e. The molecule has 1 heterocycles. The number of hydrogen-bond acceptors (Lipinski definition) is 4. The van der Waals surface area contributed by atoms with E-state index in [4.69, 9.17) is 9.47 Å². The van der Waals surface area contributed by atoms with Crippen LogP contribution in [0.3, 0.4) is 0 Å². The normalized spacial score (nSPS) is 15.6. The predicted molar refractivity (Wildman–Crippen MR) is 144 cm³/mol. The number of amides is 2. The highest BCUT2D eigenvalue weighted by Gasteiger charge is 2.26. The molecule has 6 nitrogen and oxygen atoms in total. The van der Waals surface area contributed by atoms with Crippen LogP contribution >= 0.6 is 0 Å². The number of rotatable bonds is 9. The van der Waals surface area contributed by atoms with Crippen molar-refractivity contribution in [3.05, 3.63) is 89.0 Å². The molecule has 3 aromatic rings. The lowest BCUT2D eigenvalue weighted by Crippen LogP contribution is -2.38. The number of carbonyl (C=O) groups is 2. The Labute approximate surface area is 226 Å². The van der Waals surface area contributed by atoms with E-state index in [0.717, 1.165) is 31.2 Å². The number of likely N-dealkylation sites (tertiary alicyclic amines) is 1. The number of ether oxygens (including phenoxy) is 2. The minimum atomic E-state index is -0.500. The molecule has 2 fully saturated rings. The average molecular weight is 535 g/mol. The second-order valence-electron chi connectivity index (χ2n) is 10.3. The van der Waals surface area contributed by atoms with Crippen molar-refractivity contribution in [2.24, 2.45) is 5.92 Å². The van der Waals surface area contributed by atoms with Crippen molar-refractivity contribution < 1.29 is 27.8 Å². The molecule has 39 heavy (non-hydrogen) atoms. The zero-order chi connectivity index (χ0) is 27.4. The molecule has 204 valence electrons. The first-order chi connectivity index (χ1) is 18.9. The highest BCUT2D eigenvalue weighted by molar-refractivity contribution is 5.94. The Hall–Kier alpha value is -3.94.